The lowest BCUT2D eigenvalue weighted by Gasteiger charge is -2.25. The zero-order valence-corrected chi connectivity index (χ0v) is 28.9. The first kappa shape index (κ1) is 39.9. The number of hydrogen-bond donors (Lipinski definition) is 1. The minimum Gasteiger partial charge on any atom is -0.461 e. The van der Waals surface area contributed by atoms with E-state index in [2.05, 4.69) is 32.5 Å². The number of carbonyl (C=O) groups is 1. The van der Waals surface area contributed by atoms with Crippen LogP contribution < -0.4 is 0 Å². The summed E-state index contributed by atoms with van der Waals surface area (Å²) >= 11 is 2.06. The summed E-state index contributed by atoms with van der Waals surface area (Å²) in [6.07, 6.45) is 21.7. The smallest absolute Gasteiger partial charge is 0.374 e. The molecule has 4 unspecified atom stereocenters. The van der Waals surface area contributed by atoms with E-state index in [1.54, 1.807) is 0 Å². The van der Waals surface area contributed by atoms with Crippen LogP contribution in [0.1, 0.15) is 151 Å². The van der Waals surface area contributed by atoms with Crippen molar-refractivity contribution >= 4 is 26.2 Å². The molecule has 8 heteroatoms. The molecule has 0 saturated heterocycles. The molecule has 0 aromatic rings. The Labute approximate surface area is 253 Å². The number of carbonyl (C=O) groups excluding carboxylic acids is 1. The molecule has 6 nitrogen and oxygen atoms in total. The predicted molar refractivity (Wildman–Crippen MR) is 173 cm³/mol. The predicted octanol–water partition coefficient (Wildman–Crippen LogP) is 9.17. The summed E-state index contributed by atoms with van der Waals surface area (Å²) < 4.78 is 28.2. The van der Waals surface area contributed by atoms with Gasteiger partial charge in [-0.15, -0.1) is 0 Å². The highest BCUT2D eigenvalue weighted by Gasteiger charge is 2.39. The van der Waals surface area contributed by atoms with Gasteiger partial charge in [0.25, 0.3) is 0 Å². The van der Waals surface area contributed by atoms with Crippen molar-refractivity contribution in [3.05, 3.63) is 0 Å². The van der Waals surface area contributed by atoms with Crippen LogP contribution in [0.25, 0.3) is 0 Å². The van der Waals surface area contributed by atoms with Crippen LogP contribution in [0.5, 0.6) is 0 Å². The Morgan fingerprint density at radius 2 is 1.32 bits per heavy atom. The van der Waals surface area contributed by atoms with Crippen LogP contribution in [0.15, 0.2) is 0 Å². The Kier molecular flexibility index (Phi) is 25.4. The molecule has 1 N–H and O–H groups in total. The molecule has 0 bridgehead atoms. The second kappa shape index (κ2) is 25.4. The lowest BCUT2D eigenvalue weighted by molar-refractivity contribution is -0.198. The first-order valence-electron chi connectivity index (χ1n) is 16.3. The van der Waals surface area contributed by atoms with Gasteiger partial charge in [-0.3, -0.25) is 0 Å². The SMILES string of the molecule is CCCCCCCCCCCSC(CCCCCCCC)C(C)OCCCOC(O)([PH2]=O)C(=O)OCC(C)(C)C. The summed E-state index contributed by atoms with van der Waals surface area (Å²) in [5.74, 6) is 0.206. The van der Waals surface area contributed by atoms with Gasteiger partial charge >= 0.3 is 11.5 Å². The summed E-state index contributed by atoms with van der Waals surface area (Å²) in [7, 11) is -1.89. The van der Waals surface area contributed by atoms with Crippen LogP contribution in [0, 0.1) is 5.41 Å². The molecule has 40 heavy (non-hydrogen) atoms. The molecule has 0 fully saturated rings. The minimum absolute atomic E-state index is 0.0801. The maximum Gasteiger partial charge on any atom is 0.374 e. The van der Waals surface area contributed by atoms with E-state index in [0.717, 1.165) is 0 Å². The third-order valence-corrected chi connectivity index (χ3v) is 9.32. The number of thioether (sulfide) groups is 1. The van der Waals surface area contributed by atoms with Gasteiger partial charge in [-0.05, 0) is 37.4 Å². The molecule has 0 aliphatic rings. The fraction of sp³-hybridized carbons (Fsp3) is 0.969. The second-order valence-corrected chi connectivity index (χ2v) is 14.9. The number of ether oxygens (including phenoxy) is 3. The molecule has 0 aliphatic heterocycles. The van der Waals surface area contributed by atoms with E-state index in [0.29, 0.717) is 18.3 Å². The fourth-order valence-electron chi connectivity index (χ4n) is 4.42. The summed E-state index contributed by atoms with van der Waals surface area (Å²) in [5, 5.41) is 10.8. The Balaban J connectivity index is 4.43. The van der Waals surface area contributed by atoms with Crippen LogP contribution in [-0.4, -0.2) is 53.5 Å². The van der Waals surface area contributed by atoms with E-state index >= 15 is 0 Å². The third kappa shape index (κ3) is 22.5. The van der Waals surface area contributed by atoms with Crippen LogP contribution in [-0.2, 0) is 23.6 Å². The molecule has 0 aliphatic carbocycles. The first-order chi connectivity index (χ1) is 19.1. The average Bonchev–Trinajstić information content (AvgIpc) is 2.92. The fourth-order valence-corrected chi connectivity index (χ4v) is 6.14. The Hall–Kier alpha value is -0.0700. The van der Waals surface area contributed by atoms with Gasteiger partial charge in [-0.25, -0.2) is 4.79 Å². The Morgan fingerprint density at radius 3 is 1.85 bits per heavy atom. The molecule has 4 atom stereocenters. The van der Waals surface area contributed by atoms with E-state index in [1.165, 1.54) is 108 Å². The van der Waals surface area contributed by atoms with Gasteiger partial charge in [0.2, 0.25) is 0 Å². The maximum absolute atomic E-state index is 12.2. The first-order valence-corrected chi connectivity index (χ1v) is 18.4. The van der Waals surface area contributed by atoms with E-state index < -0.39 is 20.0 Å². The molecule has 0 spiro atoms. The average molecular weight is 609 g/mol. The molecule has 0 amide bonds. The lowest BCUT2D eigenvalue weighted by Crippen LogP contribution is -2.39. The molecular weight excluding hydrogens is 543 g/mol. The van der Waals surface area contributed by atoms with Crippen molar-refractivity contribution in [1.29, 1.82) is 0 Å². The van der Waals surface area contributed by atoms with E-state index in [9.17, 15) is 14.5 Å². The zero-order valence-electron chi connectivity index (χ0n) is 27.0. The quantitative estimate of drug-likeness (QED) is 0.0410. The lowest BCUT2D eigenvalue weighted by atomic mass is 9.99. The van der Waals surface area contributed by atoms with Crippen molar-refractivity contribution in [1.82, 2.24) is 0 Å². The van der Waals surface area contributed by atoms with Crippen molar-refractivity contribution in [3.8, 4) is 0 Å². The van der Waals surface area contributed by atoms with Crippen LogP contribution >= 0.6 is 20.2 Å². The van der Waals surface area contributed by atoms with Crippen molar-refractivity contribution in [2.45, 2.75) is 168 Å². The largest absolute Gasteiger partial charge is 0.461 e. The summed E-state index contributed by atoms with van der Waals surface area (Å²) in [6.45, 7) is 13.1. The Bertz CT molecular complexity index is 615. The van der Waals surface area contributed by atoms with Gasteiger partial charge in [0.1, 0.15) is 8.46 Å². The molecular formula is C32H65O6PS. The van der Waals surface area contributed by atoms with Gasteiger partial charge in [-0.2, -0.15) is 11.8 Å². The topological polar surface area (TPSA) is 82.1 Å². The standard InChI is InChI=1S/C32H65O6PS/c1-7-9-11-13-15-16-17-19-21-26-40-29(23-20-18-14-12-10-8-2)28(3)36-24-22-25-38-32(34,39-35)30(33)37-27-31(4,5)6/h28-29,34H,7-27,39H2,1-6H3. The monoisotopic (exact) mass is 608 g/mol. The summed E-state index contributed by atoms with van der Waals surface area (Å²) in [6, 6.07) is 0. The van der Waals surface area contributed by atoms with Crippen molar-refractivity contribution in [2.75, 3.05) is 25.6 Å². The molecule has 0 radical (unpaired) electrons. The van der Waals surface area contributed by atoms with Crippen LogP contribution in [0.3, 0.4) is 0 Å². The van der Waals surface area contributed by atoms with E-state index in [1.807, 2.05) is 20.8 Å². The number of aliphatic hydroxyl groups is 1. The summed E-state index contributed by atoms with van der Waals surface area (Å²) in [5.41, 5.74) is -2.61. The number of rotatable bonds is 28. The van der Waals surface area contributed by atoms with Crippen LogP contribution in [0.4, 0.5) is 0 Å². The van der Waals surface area contributed by atoms with Gasteiger partial charge < -0.3 is 23.9 Å². The van der Waals surface area contributed by atoms with Crippen molar-refractivity contribution in [2.24, 2.45) is 5.41 Å². The number of esters is 1. The molecule has 0 saturated carbocycles. The normalized spacial score (nSPS) is 15.4. The number of hydrogen-bond acceptors (Lipinski definition) is 7. The minimum atomic E-state index is -2.36. The molecule has 0 rings (SSSR count). The maximum atomic E-state index is 12.2. The molecule has 240 valence electrons. The van der Waals surface area contributed by atoms with Crippen molar-refractivity contribution < 1.29 is 28.7 Å². The van der Waals surface area contributed by atoms with Gasteiger partial charge in [-0.1, -0.05) is 125 Å². The zero-order chi connectivity index (χ0) is 30.1. The highest BCUT2D eigenvalue weighted by molar-refractivity contribution is 7.99. The molecule has 0 aromatic heterocycles. The highest BCUT2D eigenvalue weighted by atomic mass is 32.2. The van der Waals surface area contributed by atoms with Gasteiger partial charge in [0.05, 0.1) is 19.3 Å². The van der Waals surface area contributed by atoms with Gasteiger partial charge in [0, 0.05) is 11.9 Å². The highest BCUT2D eigenvalue weighted by Crippen LogP contribution is 2.27. The van der Waals surface area contributed by atoms with Crippen LogP contribution in [0.2, 0.25) is 0 Å². The van der Waals surface area contributed by atoms with E-state index in [-0.39, 0.29) is 24.7 Å². The van der Waals surface area contributed by atoms with Gasteiger partial charge in [0.15, 0.2) is 0 Å². The molecule has 0 heterocycles. The third-order valence-electron chi connectivity index (χ3n) is 7.03. The second-order valence-electron chi connectivity index (χ2n) is 12.5. The van der Waals surface area contributed by atoms with Crippen molar-refractivity contribution in [3.63, 3.8) is 0 Å². The Morgan fingerprint density at radius 1 is 0.800 bits per heavy atom. The van der Waals surface area contributed by atoms with E-state index in [4.69, 9.17) is 14.2 Å². The number of unbranched alkanes of at least 4 members (excludes halogenated alkanes) is 13. The molecule has 0 aromatic carbocycles. The summed E-state index contributed by atoms with van der Waals surface area (Å²) in [4.78, 5) is 12.2.